The van der Waals surface area contributed by atoms with Crippen molar-refractivity contribution in [3.05, 3.63) is 0 Å². The minimum atomic E-state index is -4.96. The molecule has 0 aromatic rings. The summed E-state index contributed by atoms with van der Waals surface area (Å²) in [4.78, 5) is 73.3. The molecule has 0 aliphatic heterocycles. The van der Waals surface area contributed by atoms with E-state index in [2.05, 4.69) is 27.7 Å². The predicted octanol–water partition coefficient (Wildman–Crippen LogP) is 26.1. The Morgan fingerprint density at radius 2 is 0.385 bits per heavy atom. The zero-order valence-corrected chi connectivity index (χ0v) is 69.8. The van der Waals surface area contributed by atoms with Gasteiger partial charge < -0.3 is 33.8 Å². The summed E-state index contributed by atoms with van der Waals surface area (Å²) in [6.07, 6.45) is 73.4. The van der Waals surface area contributed by atoms with Gasteiger partial charge in [0, 0.05) is 25.7 Å². The third-order valence-electron chi connectivity index (χ3n) is 20.1. The van der Waals surface area contributed by atoms with E-state index in [0.29, 0.717) is 25.7 Å². The highest BCUT2D eigenvalue weighted by molar-refractivity contribution is 7.47. The van der Waals surface area contributed by atoms with Crippen LogP contribution < -0.4 is 0 Å². The van der Waals surface area contributed by atoms with E-state index < -0.39 is 97.5 Å². The smallest absolute Gasteiger partial charge is 0.462 e. The van der Waals surface area contributed by atoms with Crippen LogP contribution in [0.5, 0.6) is 0 Å². The Balaban J connectivity index is 5.27. The number of esters is 4. The SMILES string of the molecule is CCCCCCCCCCCCCCCCCCCC(=O)O[C@H](COC(=O)CCCCCCCCCCCCCCCCC)COP(=O)(O)OCC(O)COP(=O)(O)OC[C@@H](COC(=O)CCCCCCCCCCCCCCCCC)OC(=O)CCCCCCCCCCCCCCCCCCC. The molecule has 0 fully saturated rings. The highest BCUT2D eigenvalue weighted by atomic mass is 31.2. The molecule has 618 valence electrons. The first-order chi connectivity index (χ1) is 50.7. The first-order valence-electron chi connectivity index (χ1n) is 44.3. The molecule has 0 rings (SSSR count). The fourth-order valence-electron chi connectivity index (χ4n) is 13.3. The molecule has 0 heterocycles. The monoisotopic (exact) mass is 1520 g/mol. The minimum Gasteiger partial charge on any atom is -0.462 e. The second kappa shape index (κ2) is 79.2. The number of aliphatic hydroxyl groups is 1. The summed E-state index contributed by atoms with van der Waals surface area (Å²) >= 11 is 0. The number of hydrogen-bond acceptors (Lipinski definition) is 15. The lowest BCUT2D eigenvalue weighted by molar-refractivity contribution is -0.161. The van der Waals surface area contributed by atoms with Crippen molar-refractivity contribution in [3.8, 4) is 0 Å². The van der Waals surface area contributed by atoms with Gasteiger partial charge in [0.1, 0.15) is 19.3 Å². The molecule has 0 saturated carbocycles. The molecular formula is C85H166O17P2. The van der Waals surface area contributed by atoms with Gasteiger partial charge in [0.15, 0.2) is 12.2 Å². The Bertz CT molecular complexity index is 1830. The fraction of sp³-hybridized carbons (Fsp3) is 0.953. The maximum Gasteiger partial charge on any atom is 0.472 e. The number of aliphatic hydroxyl groups excluding tert-OH is 1. The molecule has 0 radical (unpaired) electrons. The van der Waals surface area contributed by atoms with Gasteiger partial charge in [-0.05, 0) is 25.7 Å². The number of rotatable bonds is 86. The van der Waals surface area contributed by atoms with E-state index in [4.69, 9.17) is 37.0 Å². The maximum absolute atomic E-state index is 13.1. The van der Waals surface area contributed by atoms with E-state index in [1.165, 1.54) is 295 Å². The lowest BCUT2D eigenvalue weighted by Gasteiger charge is -2.21. The van der Waals surface area contributed by atoms with E-state index in [9.17, 15) is 43.2 Å². The second-order valence-corrected chi connectivity index (χ2v) is 33.5. The molecule has 0 aliphatic rings. The zero-order valence-electron chi connectivity index (χ0n) is 68.0. The molecule has 0 bridgehead atoms. The molecule has 0 amide bonds. The largest absolute Gasteiger partial charge is 0.472 e. The van der Waals surface area contributed by atoms with Gasteiger partial charge in [0.05, 0.1) is 26.4 Å². The van der Waals surface area contributed by atoms with Gasteiger partial charge in [-0.3, -0.25) is 37.3 Å². The number of phosphoric ester groups is 2. The van der Waals surface area contributed by atoms with Crippen molar-refractivity contribution in [1.82, 2.24) is 0 Å². The van der Waals surface area contributed by atoms with Crippen LogP contribution >= 0.6 is 15.6 Å². The fourth-order valence-corrected chi connectivity index (χ4v) is 14.9. The van der Waals surface area contributed by atoms with Crippen LogP contribution in [0.15, 0.2) is 0 Å². The molecular weight excluding hydrogens is 1350 g/mol. The van der Waals surface area contributed by atoms with Gasteiger partial charge >= 0.3 is 39.5 Å². The Hall–Kier alpha value is -1.94. The average Bonchev–Trinajstić information content (AvgIpc) is 0.907. The summed E-state index contributed by atoms with van der Waals surface area (Å²) in [5.74, 6) is -2.09. The summed E-state index contributed by atoms with van der Waals surface area (Å²) in [5, 5.41) is 10.7. The second-order valence-electron chi connectivity index (χ2n) is 30.6. The molecule has 0 aromatic carbocycles. The predicted molar refractivity (Wildman–Crippen MR) is 428 cm³/mol. The van der Waals surface area contributed by atoms with Crippen LogP contribution in [0.1, 0.15) is 464 Å². The Morgan fingerprint density at radius 1 is 0.231 bits per heavy atom. The van der Waals surface area contributed by atoms with Gasteiger partial charge in [0.2, 0.25) is 0 Å². The summed E-state index contributed by atoms with van der Waals surface area (Å²) in [7, 11) is -9.93. The number of carbonyl (C=O) groups is 4. The number of carbonyl (C=O) groups excluding carboxylic acids is 4. The average molecular weight is 1520 g/mol. The van der Waals surface area contributed by atoms with Gasteiger partial charge in [-0.1, -0.05) is 413 Å². The summed E-state index contributed by atoms with van der Waals surface area (Å²) in [5.41, 5.74) is 0. The number of unbranched alkanes of at least 4 members (excludes halogenated alkanes) is 60. The van der Waals surface area contributed by atoms with Gasteiger partial charge in [0.25, 0.3) is 0 Å². The number of hydrogen-bond donors (Lipinski definition) is 3. The Morgan fingerprint density at radius 3 is 0.567 bits per heavy atom. The lowest BCUT2D eigenvalue weighted by atomic mass is 10.0. The zero-order chi connectivity index (χ0) is 76.0. The van der Waals surface area contributed by atoms with Crippen LogP contribution in [-0.4, -0.2) is 96.7 Å². The number of ether oxygens (including phenoxy) is 4. The van der Waals surface area contributed by atoms with E-state index in [0.717, 1.165) is 89.9 Å². The molecule has 2 unspecified atom stereocenters. The molecule has 19 heteroatoms. The Kier molecular flexibility index (Phi) is 77.7. The van der Waals surface area contributed by atoms with Crippen molar-refractivity contribution < 1.29 is 80.2 Å². The van der Waals surface area contributed by atoms with E-state index in [-0.39, 0.29) is 25.7 Å². The molecule has 4 atom stereocenters. The highest BCUT2D eigenvalue weighted by Gasteiger charge is 2.30. The van der Waals surface area contributed by atoms with Crippen molar-refractivity contribution in [2.45, 2.75) is 483 Å². The topological polar surface area (TPSA) is 237 Å². The normalized spacial score (nSPS) is 13.7. The maximum atomic E-state index is 13.1. The first kappa shape index (κ1) is 102. The molecule has 0 aliphatic carbocycles. The van der Waals surface area contributed by atoms with Gasteiger partial charge in [-0.25, -0.2) is 9.13 Å². The van der Waals surface area contributed by atoms with E-state index >= 15 is 0 Å². The van der Waals surface area contributed by atoms with Crippen molar-refractivity contribution in [3.63, 3.8) is 0 Å². The standard InChI is InChI=1S/C85H166O17P2/c1-5-9-13-17-21-25-29-33-37-39-43-47-51-55-59-63-67-71-84(89)101-80(75-95-82(87)69-65-61-57-53-49-45-41-35-31-27-23-19-15-11-7-3)77-99-103(91,92)97-73-79(86)74-98-104(93,94)100-78-81(76-96-83(88)70-66-62-58-54-50-46-42-36-32-28-24-20-16-12-8-4)102-85(90)72-68-64-60-56-52-48-44-40-38-34-30-26-22-18-14-10-6-2/h79-81,86H,5-78H2,1-4H3,(H,91,92)(H,93,94)/t80-,81-/m1/s1. The summed E-state index contributed by atoms with van der Waals surface area (Å²) in [6, 6.07) is 0. The third-order valence-corrected chi connectivity index (χ3v) is 22.0. The van der Waals surface area contributed by atoms with Crippen LogP contribution in [-0.2, 0) is 65.4 Å². The molecule has 0 saturated heterocycles. The summed E-state index contributed by atoms with van der Waals surface area (Å²) in [6.45, 7) is 5.07. The van der Waals surface area contributed by atoms with Crippen LogP contribution in [0.25, 0.3) is 0 Å². The van der Waals surface area contributed by atoms with Gasteiger partial charge in [-0.2, -0.15) is 0 Å². The minimum absolute atomic E-state index is 0.110. The number of phosphoric acid groups is 2. The van der Waals surface area contributed by atoms with Crippen LogP contribution in [0.2, 0.25) is 0 Å². The van der Waals surface area contributed by atoms with Crippen LogP contribution in [0.4, 0.5) is 0 Å². The van der Waals surface area contributed by atoms with E-state index in [1.54, 1.807) is 0 Å². The lowest BCUT2D eigenvalue weighted by Crippen LogP contribution is -2.30. The van der Waals surface area contributed by atoms with E-state index in [1.807, 2.05) is 0 Å². The van der Waals surface area contributed by atoms with Crippen LogP contribution in [0.3, 0.4) is 0 Å². The molecule has 0 aromatic heterocycles. The van der Waals surface area contributed by atoms with Crippen LogP contribution in [0, 0.1) is 0 Å². The quantitative estimate of drug-likeness (QED) is 0.0222. The van der Waals surface area contributed by atoms with Crippen molar-refractivity contribution >= 4 is 39.5 Å². The van der Waals surface area contributed by atoms with Crippen molar-refractivity contribution in [2.75, 3.05) is 39.6 Å². The summed E-state index contributed by atoms with van der Waals surface area (Å²) < 4.78 is 68.9. The third kappa shape index (κ3) is 78.2. The molecule has 3 N–H and O–H groups in total. The molecule has 104 heavy (non-hydrogen) atoms. The highest BCUT2D eigenvalue weighted by Crippen LogP contribution is 2.45. The molecule has 0 spiro atoms. The molecule has 17 nitrogen and oxygen atoms in total. The first-order valence-corrected chi connectivity index (χ1v) is 47.3. The van der Waals surface area contributed by atoms with Gasteiger partial charge in [-0.15, -0.1) is 0 Å². The van der Waals surface area contributed by atoms with Crippen molar-refractivity contribution in [2.24, 2.45) is 0 Å². The van der Waals surface area contributed by atoms with Crippen molar-refractivity contribution in [1.29, 1.82) is 0 Å². The Labute approximate surface area is 638 Å².